The molecule has 0 unspecified atom stereocenters. The molecule has 0 atom stereocenters. The lowest BCUT2D eigenvalue weighted by Gasteiger charge is -2.31. The van der Waals surface area contributed by atoms with E-state index >= 15 is 0 Å². The molecular formula is C23H30N4. The van der Waals surface area contributed by atoms with Gasteiger partial charge in [0.05, 0.1) is 6.20 Å². The molecule has 1 aromatic carbocycles. The van der Waals surface area contributed by atoms with Gasteiger partial charge in [0.2, 0.25) is 0 Å². The van der Waals surface area contributed by atoms with Crippen molar-refractivity contribution in [2.24, 2.45) is 7.05 Å². The molecule has 4 rings (SSSR count). The number of likely N-dealkylation sites (N-methyl/N-ethyl adjacent to an activating group) is 1. The molecule has 4 nitrogen and oxygen atoms in total. The Balaban J connectivity index is 1.63. The molecule has 1 aromatic heterocycles. The van der Waals surface area contributed by atoms with Crippen LogP contribution in [0.3, 0.4) is 0 Å². The maximum Gasteiger partial charge on any atom is 0.0568 e. The molecule has 1 saturated carbocycles. The Labute approximate surface area is 162 Å². The third-order valence-corrected chi connectivity index (χ3v) is 5.88. The van der Waals surface area contributed by atoms with Gasteiger partial charge in [-0.05, 0) is 48.2 Å². The van der Waals surface area contributed by atoms with E-state index in [2.05, 4.69) is 59.4 Å². The standard InChI is InChI=1S/C23H30N4/c1-17(18-7-6-8-19(13-18)20-14-24-27(3)15-20)22-16-26(2)12-11-23(22)25-21-9-4-5-10-21/h6-8,13-15,21,25H,1,4-5,9-12,16H2,2-3H3. The second-order valence-corrected chi connectivity index (χ2v) is 8.03. The molecule has 142 valence electrons. The first-order valence-electron chi connectivity index (χ1n) is 10.1. The van der Waals surface area contributed by atoms with E-state index in [9.17, 15) is 0 Å². The summed E-state index contributed by atoms with van der Waals surface area (Å²) in [5.74, 6) is 0. The fourth-order valence-corrected chi connectivity index (χ4v) is 4.28. The SMILES string of the molecule is C=C(C1=C(NC2CCCC2)CCN(C)C1)c1cccc(-c2cnn(C)c2)c1. The highest BCUT2D eigenvalue weighted by molar-refractivity contribution is 5.81. The first-order valence-corrected chi connectivity index (χ1v) is 10.1. The second-order valence-electron chi connectivity index (χ2n) is 8.03. The van der Waals surface area contributed by atoms with E-state index in [1.165, 1.54) is 48.1 Å². The fraction of sp³-hybridized carbons (Fsp3) is 0.435. The average molecular weight is 363 g/mol. The van der Waals surface area contributed by atoms with Gasteiger partial charge in [-0.15, -0.1) is 0 Å². The molecule has 0 radical (unpaired) electrons. The third kappa shape index (κ3) is 4.01. The van der Waals surface area contributed by atoms with Crippen molar-refractivity contribution >= 4 is 5.57 Å². The van der Waals surface area contributed by atoms with Gasteiger partial charge in [-0.2, -0.15) is 5.10 Å². The summed E-state index contributed by atoms with van der Waals surface area (Å²) < 4.78 is 1.85. The first kappa shape index (κ1) is 18.1. The van der Waals surface area contributed by atoms with E-state index in [1.54, 1.807) is 0 Å². The van der Waals surface area contributed by atoms with Gasteiger partial charge in [0.1, 0.15) is 0 Å². The molecule has 0 spiro atoms. The van der Waals surface area contributed by atoms with Crippen molar-refractivity contribution in [2.75, 3.05) is 20.1 Å². The Bertz CT molecular complexity index is 855. The molecular weight excluding hydrogens is 332 g/mol. The van der Waals surface area contributed by atoms with Crippen molar-refractivity contribution in [1.29, 1.82) is 0 Å². The van der Waals surface area contributed by atoms with Crippen LogP contribution in [-0.2, 0) is 7.05 Å². The average Bonchev–Trinajstić information content (AvgIpc) is 3.34. The summed E-state index contributed by atoms with van der Waals surface area (Å²) in [6, 6.07) is 9.34. The summed E-state index contributed by atoms with van der Waals surface area (Å²) in [4.78, 5) is 2.39. The van der Waals surface area contributed by atoms with Gasteiger partial charge in [-0.1, -0.05) is 37.6 Å². The fourth-order valence-electron chi connectivity index (χ4n) is 4.28. The Hall–Kier alpha value is -2.33. The number of hydrogen-bond acceptors (Lipinski definition) is 3. The number of nitrogens with zero attached hydrogens (tertiary/aromatic N) is 3. The summed E-state index contributed by atoms with van der Waals surface area (Å²) in [5, 5.41) is 8.17. The van der Waals surface area contributed by atoms with Crippen LogP contribution >= 0.6 is 0 Å². The smallest absolute Gasteiger partial charge is 0.0568 e. The minimum atomic E-state index is 0.646. The third-order valence-electron chi connectivity index (χ3n) is 5.88. The zero-order valence-electron chi connectivity index (χ0n) is 16.5. The largest absolute Gasteiger partial charge is 0.385 e. The van der Waals surface area contributed by atoms with Crippen molar-refractivity contribution in [3.8, 4) is 11.1 Å². The van der Waals surface area contributed by atoms with E-state index in [0.717, 1.165) is 30.6 Å². The van der Waals surface area contributed by atoms with Crippen LogP contribution in [-0.4, -0.2) is 40.9 Å². The van der Waals surface area contributed by atoms with Gasteiger partial charge in [-0.3, -0.25) is 4.68 Å². The molecule has 1 aliphatic heterocycles. The van der Waals surface area contributed by atoms with Crippen LogP contribution in [0.1, 0.15) is 37.7 Å². The number of nitrogens with one attached hydrogen (secondary N) is 1. The second kappa shape index (κ2) is 7.73. The van der Waals surface area contributed by atoms with E-state index in [4.69, 9.17) is 0 Å². The summed E-state index contributed by atoms with van der Waals surface area (Å²) in [7, 11) is 4.15. The summed E-state index contributed by atoms with van der Waals surface area (Å²) in [6.07, 6.45) is 10.4. The van der Waals surface area contributed by atoms with Crippen LogP contribution in [0.4, 0.5) is 0 Å². The zero-order chi connectivity index (χ0) is 18.8. The molecule has 2 aromatic rings. The molecule has 1 fully saturated rings. The zero-order valence-corrected chi connectivity index (χ0v) is 16.5. The predicted octanol–water partition coefficient (Wildman–Crippen LogP) is 4.22. The highest BCUT2D eigenvalue weighted by Crippen LogP contribution is 2.31. The summed E-state index contributed by atoms with van der Waals surface area (Å²) in [6.45, 7) is 6.58. The molecule has 2 aliphatic rings. The van der Waals surface area contributed by atoms with Gasteiger partial charge < -0.3 is 10.2 Å². The topological polar surface area (TPSA) is 33.1 Å². The Morgan fingerprint density at radius 3 is 2.74 bits per heavy atom. The van der Waals surface area contributed by atoms with Crippen LogP contribution in [0.25, 0.3) is 16.7 Å². The Morgan fingerprint density at radius 1 is 1.19 bits per heavy atom. The van der Waals surface area contributed by atoms with E-state index < -0.39 is 0 Å². The Kier molecular flexibility index (Phi) is 5.17. The highest BCUT2D eigenvalue weighted by atomic mass is 15.2. The van der Waals surface area contributed by atoms with Crippen molar-refractivity contribution in [2.45, 2.75) is 38.1 Å². The van der Waals surface area contributed by atoms with Crippen LogP contribution in [0.5, 0.6) is 0 Å². The van der Waals surface area contributed by atoms with Gasteiger partial charge in [0.15, 0.2) is 0 Å². The monoisotopic (exact) mass is 362 g/mol. The van der Waals surface area contributed by atoms with Crippen LogP contribution in [0.15, 0.2) is 54.5 Å². The Morgan fingerprint density at radius 2 is 2.00 bits per heavy atom. The van der Waals surface area contributed by atoms with Crippen molar-refractivity contribution < 1.29 is 0 Å². The lowest BCUT2D eigenvalue weighted by atomic mass is 9.92. The minimum absolute atomic E-state index is 0.646. The molecule has 2 heterocycles. The number of benzene rings is 1. The normalized spacial score (nSPS) is 18.9. The number of hydrogen-bond donors (Lipinski definition) is 1. The molecule has 27 heavy (non-hydrogen) atoms. The van der Waals surface area contributed by atoms with E-state index in [0.29, 0.717) is 6.04 Å². The van der Waals surface area contributed by atoms with E-state index in [1.807, 2.05) is 17.9 Å². The van der Waals surface area contributed by atoms with Gasteiger partial charge in [0.25, 0.3) is 0 Å². The molecule has 0 bridgehead atoms. The number of rotatable bonds is 5. The van der Waals surface area contributed by atoms with Crippen molar-refractivity contribution in [1.82, 2.24) is 20.0 Å². The minimum Gasteiger partial charge on any atom is -0.385 e. The molecule has 4 heteroatoms. The van der Waals surface area contributed by atoms with Crippen molar-refractivity contribution in [3.63, 3.8) is 0 Å². The number of aryl methyl sites for hydroxylation is 1. The molecule has 0 amide bonds. The van der Waals surface area contributed by atoms with Gasteiger partial charge in [-0.25, -0.2) is 0 Å². The number of aromatic nitrogens is 2. The lowest BCUT2D eigenvalue weighted by molar-refractivity contribution is 0.342. The van der Waals surface area contributed by atoms with Crippen molar-refractivity contribution in [3.05, 3.63) is 60.1 Å². The maximum atomic E-state index is 4.50. The molecule has 0 saturated heterocycles. The van der Waals surface area contributed by atoms with Gasteiger partial charge in [0, 0.05) is 50.1 Å². The van der Waals surface area contributed by atoms with E-state index in [-0.39, 0.29) is 0 Å². The van der Waals surface area contributed by atoms with Crippen LogP contribution in [0, 0.1) is 0 Å². The first-order chi connectivity index (χ1) is 13.1. The quantitative estimate of drug-likeness (QED) is 0.864. The van der Waals surface area contributed by atoms with Crippen LogP contribution < -0.4 is 5.32 Å². The molecule has 1 aliphatic carbocycles. The van der Waals surface area contributed by atoms with Crippen LogP contribution in [0.2, 0.25) is 0 Å². The predicted molar refractivity (Wildman–Crippen MR) is 112 cm³/mol. The summed E-state index contributed by atoms with van der Waals surface area (Å²) in [5.41, 5.74) is 7.47. The molecule has 1 N–H and O–H groups in total. The maximum absolute atomic E-state index is 4.50. The summed E-state index contributed by atoms with van der Waals surface area (Å²) >= 11 is 0. The highest BCUT2D eigenvalue weighted by Gasteiger charge is 2.23. The van der Waals surface area contributed by atoms with Gasteiger partial charge >= 0.3 is 0 Å². The lowest BCUT2D eigenvalue weighted by Crippen LogP contribution is -2.35.